The normalized spacial score (nSPS) is 15.7. The summed E-state index contributed by atoms with van der Waals surface area (Å²) in [5.41, 5.74) is 1.12. The largest absolute Gasteiger partial charge is 0.378 e. The maximum atomic E-state index is 5.96. The van der Waals surface area contributed by atoms with Crippen LogP contribution < -0.4 is 10.6 Å². The molecule has 0 atom stereocenters. The number of aromatic nitrogens is 3. The van der Waals surface area contributed by atoms with Gasteiger partial charge in [-0.2, -0.15) is 5.10 Å². The first-order valence-corrected chi connectivity index (χ1v) is 9.86. The second-order valence-electron chi connectivity index (χ2n) is 6.81. The first-order chi connectivity index (χ1) is 13.3. The van der Waals surface area contributed by atoms with Crippen LogP contribution in [-0.2, 0) is 11.3 Å². The Kier molecular flexibility index (Phi) is 7.65. The smallest absolute Gasteiger partial charge is 0.191 e. The summed E-state index contributed by atoms with van der Waals surface area (Å²) >= 11 is 0. The number of nitrogens with zero attached hydrogens (tertiary/aromatic N) is 4. The lowest BCUT2D eigenvalue weighted by Gasteiger charge is -2.22. The fourth-order valence-electron chi connectivity index (χ4n) is 3.27. The van der Waals surface area contributed by atoms with Crippen molar-refractivity contribution in [2.24, 2.45) is 4.99 Å². The molecule has 2 aromatic rings. The van der Waals surface area contributed by atoms with Crippen molar-refractivity contribution < 1.29 is 4.74 Å². The zero-order chi connectivity index (χ0) is 18.7. The third-order valence-electron chi connectivity index (χ3n) is 4.75. The standard InChI is InChI=1S/C20H30N6O/c1-21-20(23-10-6-14-27-18-7-3-2-4-8-18)24-16-17-9-12-22-19(15-17)26-13-5-11-25-26/h5,9,11-13,15,18H,2-4,6-8,10,14,16H2,1H3,(H2,21,23,24). The van der Waals surface area contributed by atoms with E-state index in [0.29, 0.717) is 12.6 Å². The molecule has 0 saturated heterocycles. The van der Waals surface area contributed by atoms with Crippen LogP contribution in [0.25, 0.3) is 5.82 Å². The molecule has 2 heterocycles. The highest BCUT2D eigenvalue weighted by atomic mass is 16.5. The predicted molar refractivity (Wildman–Crippen MR) is 107 cm³/mol. The number of ether oxygens (including phenoxy) is 1. The molecule has 1 fully saturated rings. The highest BCUT2D eigenvalue weighted by Crippen LogP contribution is 2.20. The zero-order valence-electron chi connectivity index (χ0n) is 16.1. The van der Waals surface area contributed by atoms with Crippen LogP contribution in [0.2, 0.25) is 0 Å². The van der Waals surface area contributed by atoms with Crippen LogP contribution in [0.4, 0.5) is 0 Å². The van der Waals surface area contributed by atoms with E-state index in [-0.39, 0.29) is 0 Å². The second kappa shape index (κ2) is 10.7. The number of pyridine rings is 1. The van der Waals surface area contributed by atoms with Crippen molar-refractivity contribution in [3.63, 3.8) is 0 Å². The van der Waals surface area contributed by atoms with Gasteiger partial charge in [-0.15, -0.1) is 0 Å². The minimum Gasteiger partial charge on any atom is -0.378 e. The van der Waals surface area contributed by atoms with Gasteiger partial charge in [-0.25, -0.2) is 9.67 Å². The van der Waals surface area contributed by atoms with Crippen LogP contribution in [0.15, 0.2) is 41.8 Å². The highest BCUT2D eigenvalue weighted by Gasteiger charge is 2.13. The van der Waals surface area contributed by atoms with Crippen LogP contribution in [0.5, 0.6) is 0 Å². The minimum atomic E-state index is 0.479. The molecule has 0 amide bonds. The van der Waals surface area contributed by atoms with Crippen LogP contribution in [-0.4, -0.2) is 47.0 Å². The fraction of sp³-hybridized carbons (Fsp3) is 0.550. The quantitative estimate of drug-likeness (QED) is 0.424. The Balaban J connectivity index is 1.36. The van der Waals surface area contributed by atoms with Crippen molar-refractivity contribution >= 4 is 5.96 Å². The first-order valence-electron chi connectivity index (χ1n) is 9.86. The van der Waals surface area contributed by atoms with Crippen LogP contribution >= 0.6 is 0 Å². The number of hydrogen-bond donors (Lipinski definition) is 2. The summed E-state index contributed by atoms with van der Waals surface area (Å²) in [6.07, 6.45) is 13.3. The molecule has 2 N–H and O–H groups in total. The third-order valence-corrected chi connectivity index (χ3v) is 4.75. The zero-order valence-corrected chi connectivity index (χ0v) is 16.1. The summed E-state index contributed by atoms with van der Waals surface area (Å²) in [7, 11) is 1.79. The average molecular weight is 371 g/mol. The number of nitrogens with one attached hydrogen (secondary N) is 2. The van der Waals surface area contributed by atoms with Gasteiger partial charge in [0.1, 0.15) is 0 Å². The molecule has 1 saturated carbocycles. The highest BCUT2D eigenvalue weighted by molar-refractivity contribution is 5.79. The molecule has 3 rings (SSSR count). The molecule has 27 heavy (non-hydrogen) atoms. The van der Waals surface area contributed by atoms with Gasteiger partial charge < -0.3 is 15.4 Å². The summed E-state index contributed by atoms with van der Waals surface area (Å²) in [4.78, 5) is 8.63. The predicted octanol–water partition coefficient (Wildman–Crippen LogP) is 2.67. The van der Waals surface area contributed by atoms with E-state index in [2.05, 4.69) is 25.7 Å². The SMILES string of the molecule is CN=C(NCCCOC1CCCCC1)NCc1ccnc(-n2cccn2)c1. The van der Waals surface area contributed by atoms with Gasteiger partial charge >= 0.3 is 0 Å². The molecule has 2 aromatic heterocycles. The van der Waals surface area contributed by atoms with Gasteiger partial charge in [0.15, 0.2) is 11.8 Å². The number of aliphatic imine (C=N–C) groups is 1. The average Bonchev–Trinajstić information content (AvgIpc) is 3.26. The lowest BCUT2D eigenvalue weighted by atomic mass is 9.98. The van der Waals surface area contributed by atoms with Crippen molar-refractivity contribution in [2.45, 2.75) is 51.2 Å². The topological polar surface area (TPSA) is 76.4 Å². The molecule has 1 aliphatic carbocycles. The lowest BCUT2D eigenvalue weighted by molar-refractivity contribution is 0.0277. The minimum absolute atomic E-state index is 0.479. The Morgan fingerprint density at radius 2 is 2.15 bits per heavy atom. The van der Waals surface area contributed by atoms with Crippen molar-refractivity contribution in [1.29, 1.82) is 0 Å². The molecule has 0 bridgehead atoms. The molecular formula is C20H30N6O. The van der Waals surface area contributed by atoms with Gasteiger partial charge in [0, 0.05) is 45.3 Å². The Labute approximate surface area is 161 Å². The Morgan fingerprint density at radius 3 is 2.93 bits per heavy atom. The van der Waals surface area contributed by atoms with E-state index in [9.17, 15) is 0 Å². The summed E-state index contributed by atoms with van der Waals surface area (Å²) < 4.78 is 7.71. The maximum Gasteiger partial charge on any atom is 0.191 e. The first kappa shape index (κ1) is 19.4. The van der Waals surface area contributed by atoms with Crippen molar-refractivity contribution in [2.75, 3.05) is 20.2 Å². The van der Waals surface area contributed by atoms with Gasteiger partial charge in [0.2, 0.25) is 0 Å². The molecule has 0 aromatic carbocycles. The molecule has 0 radical (unpaired) electrons. The Hall–Kier alpha value is -2.41. The maximum absolute atomic E-state index is 5.96. The van der Waals surface area contributed by atoms with Crippen molar-refractivity contribution in [3.8, 4) is 5.82 Å². The van der Waals surface area contributed by atoms with E-state index in [4.69, 9.17) is 4.74 Å². The van der Waals surface area contributed by atoms with Crippen LogP contribution in [0.3, 0.4) is 0 Å². The van der Waals surface area contributed by atoms with E-state index >= 15 is 0 Å². The van der Waals surface area contributed by atoms with E-state index in [1.165, 1.54) is 32.1 Å². The summed E-state index contributed by atoms with van der Waals surface area (Å²) in [6, 6.07) is 5.90. The van der Waals surface area contributed by atoms with E-state index in [1.807, 2.05) is 24.4 Å². The Bertz CT molecular complexity index is 694. The molecule has 0 aliphatic heterocycles. The summed E-state index contributed by atoms with van der Waals surface area (Å²) in [5.74, 6) is 1.60. The van der Waals surface area contributed by atoms with Crippen molar-refractivity contribution in [1.82, 2.24) is 25.4 Å². The fourth-order valence-corrected chi connectivity index (χ4v) is 3.27. The number of guanidine groups is 1. The lowest BCUT2D eigenvalue weighted by Crippen LogP contribution is -2.37. The van der Waals surface area contributed by atoms with Gasteiger partial charge in [-0.1, -0.05) is 19.3 Å². The van der Waals surface area contributed by atoms with Gasteiger partial charge in [0.05, 0.1) is 6.10 Å². The molecule has 1 aliphatic rings. The van der Waals surface area contributed by atoms with E-state index in [1.54, 1.807) is 24.1 Å². The molecule has 0 spiro atoms. The molecule has 0 unspecified atom stereocenters. The molecule has 7 nitrogen and oxygen atoms in total. The van der Waals surface area contributed by atoms with Crippen LogP contribution in [0.1, 0.15) is 44.1 Å². The second-order valence-corrected chi connectivity index (χ2v) is 6.81. The number of hydrogen-bond acceptors (Lipinski definition) is 4. The monoisotopic (exact) mass is 370 g/mol. The van der Waals surface area contributed by atoms with E-state index < -0.39 is 0 Å². The van der Waals surface area contributed by atoms with Gasteiger partial charge in [0.25, 0.3) is 0 Å². The third kappa shape index (κ3) is 6.36. The van der Waals surface area contributed by atoms with E-state index in [0.717, 1.165) is 36.9 Å². The molecule has 7 heteroatoms. The summed E-state index contributed by atoms with van der Waals surface area (Å²) in [5, 5.41) is 10.9. The summed E-state index contributed by atoms with van der Waals surface area (Å²) in [6.45, 7) is 2.34. The van der Waals surface area contributed by atoms with Crippen molar-refractivity contribution in [3.05, 3.63) is 42.4 Å². The molecular weight excluding hydrogens is 340 g/mol. The Morgan fingerprint density at radius 1 is 1.26 bits per heavy atom. The van der Waals surface area contributed by atoms with Gasteiger partial charge in [-0.05, 0) is 43.0 Å². The molecule has 146 valence electrons. The van der Waals surface area contributed by atoms with Gasteiger partial charge in [-0.3, -0.25) is 4.99 Å². The number of rotatable bonds is 8. The van der Waals surface area contributed by atoms with Crippen LogP contribution in [0, 0.1) is 0 Å².